The number of benzene rings is 1. The summed E-state index contributed by atoms with van der Waals surface area (Å²) in [5.74, 6) is -1.25. The Morgan fingerprint density at radius 1 is 1.38 bits per heavy atom. The van der Waals surface area contributed by atoms with Gasteiger partial charge in [0.1, 0.15) is 12.4 Å². The van der Waals surface area contributed by atoms with Crippen molar-refractivity contribution in [3.05, 3.63) is 40.1 Å². The van der Waals surface area contributed by atoms with E-state index in [0.29, 0.717) is 12.1 Å². The van der Waals surface area contributed by atoms with Crippen LogP contribution < -0.4 is 0 Å². The van der Waals surface area contributed by atoms with E-state index in [1.54, 1.807) is 26.0 Å². The molecular weight excluding hydrogens is 341 g/mol. The predicted octanol–water partition coefficient (Wildman–Crippen LogP) is 3.01. The molecule has 0 unspecified atom stereocenters. The van der Waals surface area contributed by atoms with E-state index in [2.05, 4.69) is 15.9 Å². The molecule has 0 saturated carbocycles. The molecule has 0 atom stereocenters. The van der Waals surface area contributed by atoms with Crippen molar-refractivity contribution in [2.75, 3.05) is 19.7 Å². The Morgan fingerprint density at radius 3 is 2.71 bits per heavy atom. The summed E-state index contributed by atoms with van der Waals surface area (Å²) in [5.41, 5.74) is 0.296. The van der Waals surface area contributed by atoms with Crippen LogP contribution in [-0.4, -0.2) is 36.5 Å². The third-order valence-electron chi connectivity index (χ3n) is 2.68. The van der Waals surface area contributed by atoms with Crippen molar-refractivity contribution in [2.45, 2.75) is 13.8 Å². The van der Waals surface area contributed by atoms with Crippen molar-refractivity contribution in [3.8, 4) is 0 Å². The SMILES string of the molecule is CCOC(=O)CN(CC)C(=O)/C=C/c1cc(Br)ccc1F. The number of carbonyl (C=O) groups excluding carboxylic acids is 2. The quantitative estimate of drug-likeness (QED) is 0.580. The fourth-order valence-corrected chi connectivity index (χ4v) is 2.00. The number of nitrogens with zero attached hydrogens (tertiary/aromatic N) is 1. The van der Waals surface area contributed by atoms with Crippen molar-refractivity contribution in [2.24, 2.45) is 0 Å². The Labute approximate surface area is 131 Å². The third kappa shape index (κ3) is 5.67. The molecule has 0 N–H and O–H groups in total. The highest BCUT2D eigenvalue weighted by molar-refractivity contribution is 9.10. The van der Waals surface area contributed by atoms with Gasteiger partial charge in [-0.2, -0.15) is 0 Å². The van der Waals surface area contributed by atoms with Crippen LogP contribution in [0.3, 0.4) is 0 Å². The van der Waals surface area contributed by atoms with Crippen molar-refractivity contribution < 1.29 is 18.7 Å². The van der Waals surface area contributed by atoms with Gasteiger partial charge in [0, 0.05) is 22.7 Å². The standard InChI is InChI=1S/C15H17BrFNO3/c1-3-18(10-15(20)21-4-2)14(19)8-5-11-9-12(16)6-7-13(11)17/h5-9H,3-4,10H2,1-2H3/b8-5+. The van der Waals surface area contributed by atoms with E-state index < -0.39 is 11.8 Å². The van der Waals surface area contributed by atoms with Crippen LogP contribution in [0, 0.1) is 5.82 Å². The number of carbonyl (C=O) groups is 2. The molecule has 1 aromatic rings. The number of amides is 1. The zero-order valence-corrected chi connectivity index (χ0v) is 13.5. The van der Waals surface area contributed by atoms with Gasteiger partial charge in [-0.05, 0) is 38.1 Å². The lowest BCUT2D eigenvalue weighted by Crippen LogP contribution is -2.35. The minimum absolute atomic E-state index is 0.117. The summed E-state index contributed by atoms with van der Waals surface area (Å²) in [6.45, 7) is 3.97. The molecule has 0 spiro atoms. The van der Waals surface area contributed by atoms with Crippen molar-refractivity contribution >= 4 is 33.9 Å². The zero-order valence-electron chi connectivity index (χ0n) is 11.9. The first-order valence-corrected chi connectivity index (χ1v) is 7.34. The van der Waals surface area contributed by atoms with E-state index >= 15 is 0 Å². The molecule has 0 radical (unpaired) electrons. The van der Waals surface area contributed by atoms with Crippen molar-refractivity contribution in [1.82, 2.24) is 4.90 Å². The number of hydrogen-bond donors (Lipinski definition) is 0. The van der Waals surface area contributed by atoms with Gasteiger partial charge in [-0.25, -0.2) is 4.39 Å². The van der Waals surface area contributed by atoms with Crippen LogP contribution in [0.4, 0.5) is 4.39 Å². The van der Waals surface area contributed by atoms with Crippen LogP contribution in [0.1, 0.15) is 19.4 Å². The number of halogens is 2. The highest BCUT2D eigenvalue weighted by Gasteiger charge is 2.13. The summed E-state index contributed by atoms with van der Waals surface area (Å²) in [5, 5.41) is 0. The van der Waals surface area contributed by atoms with E-state index in [-0.39, 0.29) is 19.1 Å². The van der Waals surface area contributed by atoms with E-state index in [9.17, 15) is 14.0 Å². The van der Waals surface area contributed by atoms with Gasteiger partial charge in [-0.15, -0.1) is 0 Å². The van der Waals surface area contributed by atoms with Crippen LogP contribution in [0.25, 0.3) is 6.08 Å². The van der Waals surface area contributed by atoms with Gasteiger partial charge in [-0.1, -0.05) is 15.9 Å². The summed E-state index contributed by atoms with van der Waals surface area (Å²) >= 11 is 3.24. The number of rotatable bonds is 6. The maximum Gasteiger partial charge on any atom is 0.325 e. The van der Waals surface area contributed by atoms with E-state index in [0.717, 1.165) is 4.47 Å². The smallest absolute Gasteiger partial charge is 0.325 e. The molecule has 21 heavy (non-hydrogen) atoms. The fourth-order valence-electron chi connectivity index (χ4n) is 1.62. The monoisotopic (exact) mass is 357 g/mol. The summed E-state index contributed by atoms with van der Waals surface area (Å²) in [7, 11) is 0. The molecule has 0 aliphatic heterocycles. The Balaban J connectivity index is 2.75. The second-order valence-electron chi connectivity index (χ2n) is 4.16. The highest BCUT2D eigenvalue weighted by Crippen LogP contribution is 2.16. The minimum atomic E-state index is -0.463. The maximum atomic E-state index is 13.5. The molecule has 1 amide bonds. The van der Waals surface area contributed by atoms with E-state index in [1.165, 1.54) is 23.1 Å². The molecule has 0 aliphatic rings. The van der Waals surface area contributed by atoms with Gasteiger partial charge in [0.05, 0.1) is 6.61 Å². The van der Waals surface area contributed by atoms with Crippen LogP contribution in [0.15, 0.2) is 28.7 Å². The second-order valence-corrected chi connectivity index (χ2v) is 5.07. The molecule has 114 valence electrons. The Bertz CT molecular complexity index is 546. The molecule has 1 aromatic carbocycles. The number of esters is 1. The first-order valence-electron chi connectivity index (χ1n) is 6.55. The van der Waals surface area contributed by atoms with E-state index in [4.69, 9.17) is 4.74 Å². The van der Waals surface area contributed by atoms with Gasteiger partial charge in [0.2, 0.25) is 5.91 Å². The molecule has 0 bridgehead atoms. The summed E-state index contributed by atoms with van der Waals surface area (Å²) in [6, 6.07) is 4.46. The average Bonchev–Trinajstić information content (AvgIpc) is 2.45. The summed E-state index contributed by atoms with van der Waals surface area (Å²) < 4.78 is 19.1. The van der Waals surface area contributed by atoms with Crippen LogP contribution >= 0.6 is 15.9 Å². The highest BCUT2D eigenvalue weighted by atomic mass is 79.9. The number of likely N-dealkylation sites (N-methyl/N-ethyl adjacent to an activating group) is 1. The molecule has 0 saturated heterocycles. The zero-order chi connectivity index (χ0) is 15.8. The number of ether oxygens (including phenoxy) is 1. The third-order valence-corrected chi connectivity index (χ3v) is 3.18. The molecule has 0 aliphatic carbocycles. The molecule has 0 fully saturated rings. The lowest BCUT2D eigenvalue weighted by atomic mass is 10.2. The minimum Gasteiger partial charge on any atom is -0.465 e. The van der Waals surface area contributed by atoms with E-state index in [1.807, 2.05) is 0 Å². The molecule has 0 heterocycles. The molecule has 0 aromatic heterocycles. The summed E-state index contributed by atoms with van der Waals surface area (Å²) in [4.78, 5) is 24.7. The average molecular weight is 358 g/mol. The topological polar surface area (TPSA) is 46.6 Å². The molecular formula is C15H17BrFNO3. The van der Waals surface area contributed by atoms with Gasteiger partial charge in [0.15, 0.2) is 0 Å². The van der Waals surface area contributed by atoms with Crippen LogP contribution in [0.2, 0.25) is 0 Å². The van der Waals surface area contributed by atoms with Crippen LogP contribution in [-0.2, 0) is 14.3 Å². The Kier molecular flexibility index (Phi) is 7.08. The van der Waals surface area contributed by atoms with Crippen LogP contribution in [0.5, 0.6) is 0 Å². The first kappa shape index (κ1) is 17.4. The summed E-state index contributed by atoms with van der Waals surface area (Å²) in [6.07, 6.45) is 2.63. The van der Waals surface area contributed by atoms with Gasteiger partial charge in [-0.3, -0.25) is 9.59 Å². The fraction of sp³-hybridized carbons (Fsp3) is 0.333. The molecule has 6 heteroatoms. The molecule has 4 nitrogen and oxygen atoms in total. The molecule has 1 rings (SSSR count). The Morgan fingerprint density at radius 2 is 2.10 bits per heavy atom. The normalized spacial score (nSPS) is 10.7. The number of hydrogen-bond acceptors (Lipinski definition) is 3. The second kappa shape index (κ2) is 8.56. The lowest BCUT2D eigenvalue weighted by molar-refractivity contribution is -0.147. The predicted molar refractivity (Wildman–Crippen MR) is 82.0 cm³/mol. The maximum absolute atomic E-state index is 13.5. The van der Waals surface area contributed by atoms with Gasteiger partial charge in [0.25, 0.3) is 0 Å². The Hall–Kier alpha value is -1.69. The largest absolute Gasteiger partial charge is 0.465 e. The van der Waals surface area contributed by atoms with Gasteiger partial charge >= 0.3 is 5.97 Å². The lowest BCUT2D eigenvalue weighted by Gasteiger charge is -2.17. The van der Waals surface area contributed by atoms with Crippen molar-refractivity contribution in [1.29, 1.82) is 0 Å². The van der Waals surface area contributed by atoms with Crippen molar-refractivity contribution in [3.63, 3.8) is 0 Å². The first-order chi connectivity index (χ1) is 9.97. The van der Waals surface area contributed by atoms with Gasteiger partial charge < -0.3 is 9.64 Å².